The van der Waals surface area contributed by atoms with Gasteiger partial charge in [-0.15, -0.1) is 0 Å². The number of rotatable bonds is 14. The number of hydrogen-bond acceptors (Lipinski definition) is 7. The molecule has 0 aliphatic carbocycles. The third-order valence-corrected chi connectivity index (χ3v) is 10.6. The van der Waals surface area contributed by atoms with Crippen LogP contribution in [0.25, 0.3) is 0 Å². The van der Waals surface area contributed by atoms with Crippen molar-refractivity contribution >= 4 is 37.3 Å². The van der Waals surface area contributed by atoms with Gasteiger partial charge in [0.15, 0.2) is 0 Å². The molecular weight excluding hydrogens is 562 g/mol. The number of nitrogens with one attached hydrogen (secondary N) is 2. The first kappa shape index (κ1) is 33.0. The molecule has 0 saturated carbocycles. The minimum Gasteiger partial charge on any atom is -0.330 e. The number of hydrogen-bond donors (Lipinski definition) is 3. The average molecular weight is 608 g/mol. The van der Waals surface area contributed by atoms with E-state index in [0.717, 1.165) is 48.2 Å². The molecule has 1 heterocycles. The Kier molecular flexibility index (Phi) is 11.7. The Hall–Kier alpha value is -2.51. The number of amides is 1. The summed E-state index contributed by atoms with van der Waals surface area (Å²) in [5.41, 5.74) is 7.19. The minimum atomic E-state index is -3.63. The summed E-state index contributed by atoms with van der Waals surface area (Å²) in [6, 6.07) is 11.1. The number of carbonyl (C=O) groups excluding carboxylic acids is 1. The first-order valence-corrected chi connectivity index (χ1v) is 17.5. The Labute approximate surface area is 245 Å². The molecular formula is C29H45N5O5S2. The van der Waals surface area contributed by atoms with E-state index in [1.54, 1.807) is 34.6 Å². The zero-order chi connectivity index (χ0) is 30.2. The molecule has 12 heteroatoms. The van der Waals surface area contributed by atoms with Crippen LogP contribution in [0, 0.1) is 11.8 Å². The van der Waals surface area contributed by atoms with E-state index in [0.29, 0.717) is 50.2 Å². The molecule has 3 rings (SSSR count). The molecule has 0 radical (unpaired) electrons. The van der Waals surface area contributed by atoms with Gasteiger partial charge in [-0.05, 0) is 86.1 Å². The number of carbonyl (C=O) groups is 1. The van der Waals surface area contributed by atoms with Crippen molar-refractivity contribution in [2.45, 2.75) is 57.4 Å². The second-order valence-corrected chi connectivity index (χ2v) is 15.1. The van der Waals surface area contributed by atoms with Crippen LogP contribution in [0.2, 0.25) is 0 Å². The van der Waals surface area contributed by atoms with Crippen LogP contribution in [0.5, 0.6) is 0 Å². The number of anilines is 2. The molecule has 0 atom stereocenters. The molecule has 1 saturated heterocycles. The molecule has 2 aromatic rings. The van der Waals surface area contributed by atoms with Crippen LogP contribution in [0.4, 0.5) is 11.4 Å². The fourth-order valence-corrected chi connectivity index (χ4v) is 6.84. The Balaban J connectivity index is 1.73. The van der Waals surface area contributed by atoms with Crippen molar-refractivity contribution in [3.63, 3.8) is 0 Å². The summed E-state index contributed by atoms with van der Waals surface area (Å²) < 4.78 is 53.6. The second kappa shape index (κ2) is 14.6. The molecule has 228 valence electrons. The summed E-state index contributed by atoms with van der Waals surface area (Å²) in [4.78, 5) is 13.5. The third-order valence-electron chi connectivity index (χ3n) is 7.50. The van der Waals surface area contributed by atoms with Gasteiger partial charge in [0.25, 0.3) is 5.91 Å². The number of sulfonamides is 2. The smallest absolute Gasteiger partial charge is 0.257 e. The number of nitrogens with zero attached hydrogens (tertiary/aromatic N) is 2. The molecule has 0 aromatic heterocycles. The van der Waals surface area contributed by atoms with Crippen molar-refractivity contribution in [2.24, 2.45) is 17.6 Å². The molecule has 0 spiro atoms. The van der Waals surface area contributed by atoms with Gasteiger partial charge >= 0.3 is 0 Å². The van der Waals surface area contributed by atoms with E-state index in [2.05, 4.69) is 24.5 Å². The molecule has 2 aromatic carbocycles. The predicted molar refractivity (Wildman–Crippen MR) is 165 cm³/mol. The van der Waals surface area contributed by atoms with E-state index in [1.807, 2.05) is 0 Å². The standard InChI is InChI=1S/C29H45N5O5S2/c1-22(2)6-7-23-14-18-34(19-15-23)41(38,39)26-11-9-25(10-12-26)32-29(35)27-20-24(21-31-17-5-16-30)8-13-28(27)33(3)40(4,36)37/h8-13,20,22-23,31H,5-7,14-19,21,30H2,1-4H3,(H,32,35). The molecule has 41 heavy (non-hydrogen) atoms. The van der Waals surface area contributed by atoms with Gasteiger partial charge in [-0.25, -0.2) is 16.8 Å². The summed E-state index contributed by atoms with van der Waals surface area (Å²) in [5, 5.41) is 6.04. The van der Waals surface area contributed by atoms with Crippen molar-refractivity contribution in [2.75, 3.05) is 49.1 Å². The fraction of sp³-hybridized carbons (Fsp3) is 0.552. The Morgan fingerprint density at radius 2 is 1.73 bits per heavy atom. The summed E-state index contributed by atoms with van der Waals surface area (Å²) in [6.45, 7) is 7.21. The second-order valence-electron chi connectivity index (χ2n) is 11.2. The SMILES string of the molecule is CC(C)CCC1CCN(S(=O)(=O)c2ccc(NC(=O)c3cc(CNCCCN)ccc3N(C)S(C)(=O)=O)cc2)CC1. The van der Waals surface area contributed by atoms with Gasteiger partial charge in [0.05, 0.1) is 22.4 Å². The largest absolute Gasteiger partial charge is 0.330 e. The monoisotopic (exact) mass is 607 g/mol. The number of nitrogens with two attached hydrogens (primary N) is 1. The average Bonchev–Trinajstić information content (AvgIpc) is 2.93. The van der Waals surface area contributed by atoms with Crippen molar-refractivity contribution in [1.82, 2.24) is 9.62 Å². The molecule has 10 nitrogen and oxygen atoms in total. The maximum atomic E-state index is 13.4. The van der Waals surface area contributed by atoms with E-state index >= 15 is 0 Å². The van der Waals surface area contributed by atoms with E-state index in [9.17, 15) is 21.6 Å². The van der Waals surface area contributed by atoms with Crippen molar-refractivity contribution in [3.05, 3.63) is 53.6 Å². The number of piperidine rings is 1. The molecule has 1 fully saturated rings. The van der Waals surface area contributed by atoms with Crippen molar-refractivity contribution in [1.29, 1.82) is 0 Å². The van der Waals surface area contributed by atoms with Crippen LogP contribution in [0.15, 0.2) is 47.4 Å². The summed E-state index contributed by atoms with van der Waals surface area (Å²) in [6.07, 6.45) is 5.91. The Bertz CT molecular complexity index is 1370. The lowest BCUT2D eigenvalue weighted by Gasteiger charge is -2.31. The lowest BCUT2D eigenvalue weighted by atomic mass is 9.90. The Morgan fingerprint density at radius 3 is 2.32 bits per heavy atom. The van der Waals surface area contributed by atoms with Gasteiger partial charge in [0.2, 0.25) is 20.0 Å². The summed E-state index contributed by atoms with van der Waals surface area (Å²) in [5.74, 6) is 0.710. The quantitative estimate of drug-likeness (QED) is 0.279. The van der Waals surface area contributed by atoms with Gasteiger partial charge < -0.3 is 16.4 Å². The van der Waals surface area contributed by atoms with Gasteiger partial charge in [-0.2, -0.15) is 4.31 Å². The number of benzene rings is 2. The van der Waals surface area contributed by atoms with Crippen LogP contribution < -0.4 is 20.7 Å². The van der Waals surface area contributed by atoms with Crippen molar-refractivity contribution < 1.29 is 21.6 Å². The van der Waals surface area contributed by atoms with Crippen LogP contribution in [0.1, 0.15) is 61.9 Å². The normalized spacial score (nSPS) is 15.3. The van der Waals surface area contributed by atoms with Gasteiger partial charge in [0.1, 0.15) is 0 Å². The van der Waals surface area contributed by atoms with E-state index < -0.39 is 26.0 Å². The first-order chi connectivity index (χ1) is 19.3. The molecule has 0 unspecified atom stereocenters. The highest BCUT2D eigenvalue weighted by Crippen LogP contribution is 2.29. The van der Waals surface area contributed by atoms with Gasteiger partial charge in [-0.1, -0.05) is 32.8 Å². The summed E-state index contributed by atoms with van der Waals surface area (Å²) in [7, 11) is -5.85. The predicted octanol–water partition coefficient (Wildman–Crippen LogP) is 3.61. The molecule has 4 N–H and O–H groups in total. The van der Waals surface area contributed by atoms with Crippen LogP contribution in [0.3, 0.4) is 0 Å². The third kappa shape index (κ3) is 9.24. The lowest BCUT2D eigenvalue weighted by molar-refractivity contribution is 0.102. The van der Waals surface area contributed by atoms with E-state index in [-0.39, 0.29) is 16.1 Å². The molecule has 1 aliphatic rings. The first-order valence-electron chi connectivity index (χ1n) is 14.2. The summed E-state index contributed by atoms with van der Waals surface area (Å²) >= 11 is 0. The van der Waals surface area contributed by atoms with Gasteiger partial charge in [-0.3, -0.25) is 9.10 Å². The zero-order valence-electron chi connectivity index (χ0n) is 24.6. The lowest BCUT2D eigenvalue weighted by Crippen LogP contribution is -2.38. The van der Waals surface area contributed by atoms with Crippen molar-refractivity contribution in [3.8, 4) is 0 Å². The molecule has 0 bridgehead atoms. The van der Waals surface area contributed by atoms with E-state index in [4.69, 9.17) is 5.73 Å². The highest BCUT2D eigenvalue weighted by molar-refractivity contribution is 7.92. The maximum absolute atomic E-state index is 13.4. The molecule has 1 aliphatic heterocycles. The topological polar surface area (TPSA) is 142 Å². The highest BCUT2D eigenvalue weighted by Gasteiger charge is 2.29. The highest BCUT2D eigenvalue weighted by atomic mass is 32.2. The molecule has 1 amide bonds. The van der Waals surface area contributed by atoms with E-state index in [1.165, 1.54) is 19.2 Å². The Morgan fingerprint density at radius 1 is 1.07 bits per heavy atom. The van der Waals surface area contributed by atoms with Crippen LogP contribution in [-0.2, 0) is 26.6 Å². The van der Waals surface area contributed by atoms with Crippen LogP contribution >= 0.6 is 0 Å². The van der Waals surface area contributed by atoms with Gasteiger partial charge in [0, 0.05) is 32.4 Å². The zero-order valence-corrected chi connectivity index (χ0v) is 26.2. The minimum absolute atomic E-state index is 0.180. The maximum Gasteiger partial charge on any atom is 0.257 e. The fourth-order valence-electron chi connectivity index (χ4n) is 4.85. The van der Waals surface area contributed by atoms with Crippen LogP contribution in [-0.4, -0.2) is 66.5 Å².